The monoisotopic (exact) mass is 401 g/mol. The van der Waals surface area contributed by atoms with Crippen LogP contribution in [-0.2, 0) is 23.1 Å². The molecule has 124 valence electrons. The molecule has 0 aliphatic heterocycles. The average molecular weight is 402 g/mol. The van der Waals surface area contributed by atoms with E-state index < -0.39 is 15.8 Å². The highest BCUT2D eigenvalue weighted by Crippen LogP contribution is 2.20. The molecule has 0 aliphatic rings. The molecule has 0 fully saturated rings. The maximum absolute atomic E-state index is 13.5. The first-order chi connectivity index (χ1) is 10.8. The number of benzene rings is 2. The SMILES string of the molecule is COc1ccc(CN(Cc2cc(F)cc(Br)c2)S(C)(=O)=O)cc1. The van der Waals surface area contributed by atoms with Crippen LogP contribution in [0.2, 0.25) is 0 Å². The van der Waals surface area contributed by atoms with Crippen molar-refractivity contribution in [2.75, 3.05) is 13.4 Å². The molecule has 4 nitrogen and oxygen atoms in total. The summed E-state index contributed by atoms with van der Waals surface area (Å²) in [6.07, 6.45) is 1.14. The fraction of sp³-hybridized carbons (Fsp3) is 0.250. The van der Waals surface area contributed by atoms with Crippen molar-refractivity contribution in [3.05, 3.63) is 63.9 Å². The van der Waals surface area contributed by atoms with E-state index in [2.05, 4.69) is 15.9 Å². The lowest BCUT2D eigenvalue weighted by Crippen LogP contribution is -2.29. The molecule has 0 bridgehead atoms. The lowest BCUT2D eigenvalue weighted by atomic mass is 10.2. The van der Waals surface area contributed by atoms with Gasteiger partial charge >= 0.3 is 0 Å². The molecule has 0 aliphatic carbocycles. The fourth-order valence-electron chi connectivity index (χ4n) is 2.13. The van der Waals surface area contributed by atoms with Crippen LogP contribution in [0, 0.1) is 5.82 Å². The molecule has 0 amide bonds. The largest absolute Gasteiger partial charge is 0.497 e. The van der Waals surface area contributed by atoms with Gasteiger partial charge in [0.25, 0.3) is 0 Å². The van der Waals surface area contributed by atoms with Gasteiger partial charge in [-0.15, -0.1) is 0 Å². The summed E-state index contributed by atoms with van der Waals surface area (Å²) in [6.45, 7) is 0.304. The molecule has 0 atom stereocenters. The zero-order valence-corrected chi connectivity index (χ0v) is 15.2. The van der Waals surface area contributed by atoms with Crippen molar-refractivity contribution in [3.63, 3.8) is 0 Å². The Morgan fingerprint density at radius 2 is 1.70 bits per heavy atom. The number of sulfonamides is 1. The second-order valence-corrected chi connectivity index (χ2v) is 8.05. The lowest BCUT2D eigenvalue weighted by molar-refractivity contribution is 0.402. The molecule has 23 heavy (non-hydrogen) atoms. The summed E-state index contributed by atoms with van der Waals surface area (Å²) in [7, 11) is -1.87. The second-order valence-electron chi connectivity index (χ2n) is 5.16. The van der Waals surface area contributed by atoms with E-state index >= 15 is 0 Å². The normalized spacial score (nSPS) is 11.7. The maximum Gasteiger partial charge on any atom is 0.211 e. The van der Waals surface area contributed by atoms with Crippen molar-refractivity contribution >= 4 is 26.0 Å². The average Bonchev–Trinajstić information content (AvgIpc) is 2.45. The molecular formula is C16H17BrFNO3S. The molecule has 0 heterocycles. The van der Waals surface area contributed by atoms with Gasteiger partial charge in [-0.1, -0.05) is 28.1 Å². The van der Waals surface area contributed by atoms with Gasteiger partial charge in [-0.05, 0) is 41.5 Å². The number of hydrogen-bond acceptors (Lipinski definition) is 3. The topological polar surface area (TPSA) is 46.6 Å². The summed E-state index contributed by atoms with van der Waals surface area (Å²) in [5.41, 5.74) is 1.41. The van der Waals surface area contributed by atoms with E-state index in [9.17, 15) is 12.8 Å². The molecule has 2 aromatic rings. The van der Waals surface area contributed by atoms with Gasteiger partial charge in [0, 0.05) is 17.6 Å². The van der Waals surface area contributed by atoms with Crippen molar-refractivity contribution in [2.45, 2.75) is 13.1 Å². The highest BCUT2D eigenvalue weighted by Gasteiger charge is 2.18. The van der Waals surface area contributed by atoms with Crippen LogP contribution in [0.1, 0.15) is 11.1 Å². The van der Waals surface area contributed by atoms with E-state index in [0.29, 0.717) is 15.8 Å². The summed E-state index contributed by atoms with van der Waals surface area (Å²) in [4.78, 5) is 0. The van der Waals surface area contributed by atoms with E-state index in [1.165, 1.54) is 16.4 Å². The Morgan fingerprint density at radius 1 is 1.09 bits per heavy atom. The minimum Gasteiger partial charge on any atom is -0.497 e. The number of methoxy groups -OCH3 is 1. The number of rotatable bonds is 6. The molecule has 0 saturated heterocycles. The molecule has 0 N–H and O–H groups in total. The Hall–Kier alpha value is -1.44. The molecule has 2 aromatic carbocycles. The number of nitrogens with zero attached hydrogens (tertiary/aromatic N) is 1. The van der Waals surface area contributed by atoms with E-state index in [4.69, 9.17) is 4.74 Å². The molecule has 2 rings (SSSR count). The van der Waals surface area contributed by atoms with Crippen LogP contribution in [0.3, 0.4) is 0 Å². The Kier molecular flexibility index (Phi) is 5.78. The standard InChI is InChI=1S/C16H17BrFNO3S/c1-22-16-5-3-12(4-6-16)10-19(23(2,20)21)11-13-7-14(17)9-15(18)8-13/h3-9H,10-11H2,1-2H3. The second kappa shape index (κ2) is 7.42. The van der Waals surface area contributed by atoms with Crippen LogP contribution in [0.25, 0.3) is 0 Å². The summed E-state index contributed by atoms with van der Waals surface area (Å²) in [5, 5.41) is 0. The summed E-state index contributed by atoms with van der Waals surface area (Å²) >= 11 is 3.21. The Balaban J connectivity index is 2.23. The van der Waals surface area contributed by atoms with Crippen molar-refractivity contribution in [2.24, 2.45) is 0 Å². The molecule has 0 unspecified atom stereocenters. The third kappa shape index (κ3) is 5.30. The highest BCUT2D eigenvalue weighted by molar-refractivity contribution is 9.10. The third-order valence-corrected chi connectivity index (χ3v) is 4.92. The number of halogens is 2. The molecular weight excluding hydrogens is 385 g/mol. The first kappa shape index (κ1) is 17.9. The fourth-order valence-corrected chi connectivity index (χ4v) is 3.41. The summed E-state index contributed by atoms with van der Waals surface area (Å²) in [6, 6.07) is 11.5. The minimum atomic E-state index is -3.44. The van der Waals surface area contributed by atoms with E-state index in [1.807, 2.05) is 0 Å². The predicted octanol–water partition coefficient (Wildman–Crippen LogP) is 3.56. The Morgan fingerprint density at radius 3 is 2.22 bits per heavy atom. The van der Waals surface area contributed by atoms with E-state index in [-0.39, 0.29) is 13.1 Å². The zero-order chi connectivity index (χ0) is 17.0. The van der Waals surface area contributed by atoms with Crippen LogP contribution in [0.4, 0.5) is 4.39 Å². The van der Waals surface area contributed by atoms with Gasteiger partial charge < -0.3 is 4.74 Å². The van der Waals surface area contributed by atoms with Gasteiger partial charge in [0.05, 0.1) is 13.4 Å². The smallest absolute Gasteiger partial charge is 0.211 e. The van der Waals surface area contributed by atoms with Crippen LogP contribution in [0.15, 0.2) is 46.9 Å². The van der Waals surface area contributed by atoms with Crippen molar-refractivity contribution in [1.29, 1.82) is 0 Å². The maximum atomic E-state index is 13.5. The number of ether oxygens (including phenoxy) is 1. The first-order valence-electron chi connectivity index (χ1n) is 6.81. The molecule has 0 spiro atoms. The molecule has 0 aromatic heterocycles. The lowest BCUT2D eigenvalue weighted by Gasteiger charge is -2.20. The van der Waals surface area contributed by atoms with Crippen molar-refractivity contribution < 1.29 is 17.5 Å². The third-order valence-electron chi connectivity index (χ3n) is 3.27. The van der Waals surface area contributed by atoms with Crippen LogP contribution < -0.4 is 4.74 Å². The quantitative estimate of drug-likeness (QED) is 0.743. The van der Waals surface area contributed by atoms with Gasteiger partial charge in [-0.3, -0.25) is 0 Å². The van der Waals surface area contributed by atoms with Crippen LogP contribution in [0.5, 0.6) is 5.75 Å². The van der Waals surface area contributed by atoms with Crippen LogP contribution >= 0.6 is 15.9 Å². The Labute approximate surface area is 144 Å². The highest BCUT2D eigenvalue weighted by atomic mass is 79.9. The minimum absolute atomic E-state index is 0.0984. The summed E-state index contributed by atoms with van der Waals surface area (Å²) < 4.78 is 44.5. The number of hydrogen-bond donors (Lipinski definition) is 0. The van der Waals surface area contributed by atoms with E-state index in [1.54, 1.807) is 37.4 Å². The van der Waals surface area contributed by atoms with Gasteiger partial charge in [-0.2, -0.15) is 4.31 Å². The zero-order valence-electron chi connectivity index (χ0n) is 12.8. The summed E-state index contributed by atoms with van der Waals surface area (Å²) in [5.74, 6) is 0.293. The molecule has 7 heteroatoms. The van der Waals surface area contributed by atoms with Gasteiger partial charge in [-0.25, -0.2) is 12.8 Å². The Bertz CT molecular complexity index is 758. The molecule has 0 radical (unpaired) electrons. The van der Waals surface area contributed by atoms with Gasteiger partial charge in [0.2, 0.25) is 10.0 Å². The first-order valence-corrected chi connectivity index (χ1v) is 9.45. The van der Waals surface area contributed by atoms with Gasteiger partial charge in [0.1, 0.15) is 11.6 Å². The van der Waals surface area contributed by atoms with Crippen molar-refractivity contribution in [3.8, 4) is 5.75 Å². The van der Waals surface area contributed by atoms with Crippen LogP contribution in [-0.4, -0.2) is 26.1 Å². The van der Waals surface area contributed by atoms with E-state index in [0.717, 1.165) is 11.8 Å². The predicted molar refractivity (Wildman–Crippen MR) is 91.2 cm³/mol. The van der Waals surface area contributed by atoms with Gasteiger partial charge in [0.15, 0.2) is 0 Å². The van der Waals surface area contributed by atoms with Crippen molar-refractivity contribution in [1.82, 2.24) is 4.31 Å². The molecule has 0 saturated carbocycles.